The molecule has 1 aromatic rings. The van der Waals surface area contributed by atoms with Crippen LogP contribution in [0.15, 0.2) is 24.3 Å². The maximum absolute atomic E-state index is 10.3. The number of hydrogen-bond acceptors (Lipinski definition) is 3. The number of para-hydroxylation sites is 1. The van der Waals surface area contributed by atoms with Crippen molar-refractivity contribution >= 4 is 0 Å². The molecule has 138 valence electrons. The molecule has 1 atom stereocenters. The minimum Gasteiger partial charge on any atom is -0.507 e. The van der Waals surface area contributed by atoms with Crippen molar-refractivity contribution in [3.63, 3.8) is 0 Å². The van der Waals surface area contributed by atoms with Gasteiger partial charge in [-0.2, -0.15) is 0 Å². The van der Waals surface area contributed by atoms with Crippen molar-refractivity contribution in [3.8, 4) is 5.75 Å². The highest BCUT2D eigenvalue weighted by Gasteiger charge is 2.42. The van der Waals surface area contributed by atoms with Crippen LogP contribution in [0, 0.1) is 5.92 Å². The Kier molecular flexibility index (Phi) is 10.0. The van der Waals surface area contributed by atoms with E-state index < -0.39 is 5.79 Å². The average Bonchev–Trinajstić information content (AvgIpc) is 2.60. The third-order valence-electron chi connectivity index (χ3n) is 4.97. The van der Waals surface area contributed by atoms with Crippen LogP contribution in [0.2, 0.25) is 0 Å². The molecular formula is C21H36O3. The van der Waals surface area contributed by atoms with E-state index in [-0.39, 0.29) is 11.7 Å². The van der Waals surface area contributed by atoms with Gasteiger partial charge in [0.1, 0.15) is 5.75 Å². The normalized spacial score (nSPS) is 13.2. The Morgan fingerprint density at radius 1 is 0.875 bits per heavy atom. The molecule has 0 radical (unpaired) electrons. The standard InChI is InChI=1S/C21H36O3/c1-5-7-8-9-10-11-15-18(14-6-2)21(23-3,24-4)19-16-12-13-17-20(19)22/h12-13,16-18,22H,5-11,14-15H2,1-4H3. The Balaban J connectivity index is 2.85. The fourth-order valence-electron chi connectivity index (χ4n) is 3.67. The molecule has 1 unspecified atom stereocenters. The number of benzene rings is 1. The van der Waals surface area contributed by atoms with Crippen LogP contribution in [0.1, 0.15) is 77.2 Å². The second-order valence-electron chi connectivity index (χ2n) is 6.63. The largest absolute Gasteiger partial charge is 0.507 e. The summed E-state index contributed by atoms with van der Waals surface area (Å²) < 4.78 is 11.8. The molecule has 1 aromatic carbocycles. The van der Waals surface area contributed by atoms with Gasteiger partial charge in [-0.05, 0) is 25.0 Å². The van der Waals surface area contributed by atoms with Crippen LogP contribution in [0.3, 0.4) is 0 Å². The zero-order valence-corrected chi connectivity index (χ0v) is 16.0. The van der Waals surface area contributed by atoms with E-state index in [0.717, 1.165) is 24.8 Å². The van der Waals surface area contributed by atoms with Crippen molar-refractivity contribution in [2.45, 2.75) is 77.4 Å². The van der Waals surface area contributed by atoms with E-state index in [0.29, 0.717) is 0 Å². The van der Waals surface area contributed by atoms with Gasteiger partial charge in [0.25, 0.3) is 0 Å². The number of unbranched alkanes of at least 4 members (excludes halogenated alkanes) is 5. The van der Waals surface area contributed by atoms with Gasteiger partial charge in [-0.1, -0.05) is 70.9 Å². The Hall–Kier alpha value is -1.06. The van der Waals surface area contributed by atoms with Gasteiger partial charge >= 0.3 is 0 Å². The quantitative estimate of drug-likeness (QED) is 0.354. The Morgan fingerprint density at radius 3 is 2.08 bits per heavy atom. The molecule has 3 nitrogen and oxygen atoms in total. The molecule has 24 heavy (non-hydrogen) atoms. The average molecular weight is 337 g/mol. The molecule has 0 aliphatic heterocycles. The Labute approximate surface area is 148 Å². The maximum atomic E-state index is 10.3. The molecule has 0 saturated heterocycles. The van der Waals surface area contributed by atoms with Gasteiger partial charge in [0.05, 0.1) is 5.56 Å². The predicted molar refractivity (Wildman–Crippen MR) is 100 cm³/mol. The molecular weight excluding hydrogens is 300 g/mol. The number of phenolic OH excluding ortho intramolecular Hbond substituents is 1. The summed E-state index contributed by atoms with van der Waals surface area (Å²) in [6.45, 7) is 4.43. The maximum Gasteiger partial charge on any atom is 0.200 e. The number of phenols is 1. The van der Waals surface area contributed by atoms with E-state index >= 15 is 0 Å². The fourth-order valence-corrected chi connectivity index (χ4v) is 3.67. The van der Waals surface area contributed by atoms with Gasteiger partial charge in [0.15, 0.2) is 0 Å². The van der Waals surface area contributed by atoms with Gasteiger partial charge in [0, 0.05) is 20.1 Å². The number of hydrogen-bond donors (Lipinski definition) is 1. The summed E-state index contributed by atoms with van der Waals surface area (Å²) in [6, 6.07) is 7.37. The van der Waals surface area contributed by atoms with Gasteiger partial charge in [-0.25, -0.2) is 0 Å². The summed E-state index contributed by atoms with van der Waals surface area (Å²) in [6.07, 6.45) is 10.8. The lowest BCUT2D eigenvalue weighted by Crippen LogP contribution is -2.39. The summed E-state index contributed by atoms with van der Waals surface area (Å²) in [5, 5.41) is 10.3. The molecule has 0 heterocycles. The van der Waals surface area contributed by atoms with Crippen LogP contribution in [-0.4, -0.2) is 19.3 Å². The van der Waals surface area contributed by atoms with Crippen LogP contribution >= 0.6 is 0 Å². The first-order valence-corrected chi connectivity index (χ1v) is 9.55. The second kappa shape index (κ2) is 11.5. The lowest BCUT2D eigenvalue weighted by molar-refractivity contribution is -0.254. The first-order chi connectivity index (χ1) is 11.7. The van der Waals surface area contributed by atoms with Crippen LogP contribution in [-0.2, 0) is 15.3 Å². The third-order valence-corrected chi connectivity index (χ3v) is 4.97. The molecule has 0 bridgehead atoms. The Bertz CT molecular complexity index is 440. The van der Waals surface area contributed by atoms with E-state index in [1.165, 1.54) is 38.5 Å². The van der Waals surface area contributed by atoms with Crippen molar-refractivity contribution < 1.29 is 14.6 Å². The zero-order chi connectivity index (χ0) is 17.8. The van der Waals surface area contributed by atoms with Gasteiger partial charge in [-0.3, -0.25) is 0 Å². The number of methoxy groups -OCH3 is 2. The smallest absolute Gasteiger partial charge is 0.200 e. The number of aromatic hydroxyl groups is 1. The topological polar surface area (TPSA) is 38.7 Å². The molecule has 0 aliphatic carbocycles. The van der Waals surface area contributed by atoms with Gasteiger partial charge in [-0.15, -0.1) is 0 Å². The van der Waals surface area contributed by atoms with E-state index in [1.807, 2.05) is 18.2 Å². The van der Waals surface area contributed by atoms with Crippen LogP contribution in [0.5, 0.6) is 5.75 Å². The highest BCUT2D eigenvalue weighted by Crippen LogP contribution is 2.43. The molecule has 1 rings (SSSR count). The summed E-state index contributed by atoms with van der Waals surface area (Å²) >= 11 is 0. The minimum absolute atomic E-state index is 0.233. The van der Waals surface area contributed by atoms with E-state index in [9.17, 15) is 5.11 Å². The van der Waals surface area contributed by atoms with Gasteiger partial charge in [0.2, 0.25) is 5.79 Å². The first-order valence-electron chi connectivity index (χ1n) is 9.55. The lowest BCUT2D eigenvalue weighted by atomic mass is 9.83. The highest BCUT2D eigenvalue weighted by atomic mass is 16.7. The fraction of sp³-hybridized carbons (Fsp3) is 0.714. The monoisotopic (exact) mass is 336 g/mol. The molecule has 1 N–H and O–H groups in total. The molecule has 0 aliphatic rings. The van der Waals surface area contributed by atoms with Crippen molar-refractivity contribution in [1.29, 1.82) is 0 Å². The molecule has 3 heteroatoms. The summed E-state index contributed by atoms with van der Waals surface area (Å²) in [5.41, 5.74) is 0.736. The van der Waals surface area contributed by atoms with E-state index in [2.05, 4.69) is 13.8 Å². The summed E-state index contributed by atoms with van der Waals surface area (Å²) in [4.78, 5) is 0. The summed E-state index contributed by atoms with van der Waals surface area (Å²) in [5.74, 6) is -0.396. The van der Waals surface area contributed by atoms with Crippen molar-refractivity contribution in [2.24, 2.45) is 5.92 Å². The van der Waals surface area contributed by atoms with E-state index in [1.54, 1.807) is 20.3 Å². The molecule has 0 aromatic heterocycles. The SMILES string of the molecule is CCCCCCCCC(CCC)C(OC)(OC)c1ccccc1O. The molecule has 0 saturated carbocycles. The Morgan fingerprint density at radius 2 is 1.50 bits per heavy atom. The number of rotatable bonds is 13. The number of ether oxygens (including phenoxy) is 2. The zero-order valence-electron chi connectivity index (χ0n) is 16.0. The van der Waals surface area contributed by atoms with Crippen molar-refractivity contribution in [1.82, 2.24) is 0 Å². The molecule has 0 fully saturated rings. The van der Waals surface area contributed by atoms with Crippen molar-refractivity contribution in [3.05, 3.63) is 29.8 Å². The second-order valence-corrected chi connectivity index (χ2v) is 6.63. The third kappa shape index (κ3) is 5.49. The van der Waals surface area contributed by atoms with Crippen molar-refractivity contribution in [2.75, 3.05) is 14.2 Å². The predicted octanol–water partition coefficient (Wildman–Crippen LogP) is 6.00. The lowest BCUT2D eigenvalue weighted by Gasteiger charge is -2.39. The minimum atomic E-state index is -0.870. The highest BCUT2D eigenvalue weighted by molar-refractivity contribution is 5.36. The van der Waals surface area contributed by atoms with Crippen LogP contribution in [0.25, 0.3) is 0 Å². The van der Waals surface area contributed by atoms with Crippen LogP contribution < -0.4 is 0 Å². The molecule has 0 amide bonds. The first kappa shape index (κ1) is 21.0. The van der Waals surface area contributed by atoms with Crippen LogP contribution in [0.4, 0.5) is 0 Å². The van der Waals surface area contributed by atoms with E-state index in [4.69, 9.17) is 9.47 Å². The van der Waals surface area contributed by atoms with Gasteiger partial charge < -0.3 is 14.6 Å². The molecule has 0 spiro atoms. The summed E-state index contributed by atoms with van der Waals surface area (Å²) in [7, 11) is 3.36.